The summed E-state index contributed by atoms with van der Waals surface area (Å²) in [4.78, 5) is 0. The van der Waals surface area contributed by atoms with Crippen LogP contribution in [0.2, 0.25) is 0 Å². The Morgan fingerprint density at radius 2 is 1.74 bits per heavy atom. The molecular weight excluding hydrogens is 305 g/mol. The molecule has 0 radical (unpaired) electrons. The van der Waals surface area contributed by atoms with Gasteiger partial charge in [0.05, 0.1) is 0 Å². The fraction of sp³-hybridized carbons (Fsp3) is 0.250. The van der Waals surface area contributed by atoms with Crippen LogP contribution in [-0.4, -0.2) is 0 Å². The van der Waals surface area contributed by atoms with Gasteiger partial charge in [0.25, 0.3) is 0 Å². The summed E-state index contributed by atoms with van der Waals surface area (Å²) in [6.07, 6.45) is 0. The van der Waals surface area contributed by atoms with Gasteiger partial charge in [-0.3, -0.25) is 0 Å². The lowest BCUT2D eigenvalue weighted by molar-refractivity contribution is 0.623. The van der Waals surface area contributed by atoms with Crippen LogP contribution in [0.25, 0.3) is 0 Å². The van der Waals surface area contributed by atoms with Gasteiger partial charge in [-0.05, 0) is 61.7 Å². The van der Waals surface area contributed by atoms with E-state index < -0.39 is 0 Å². The van der Waals surface area contributed by atoms with Crippen LogP contribution in [-0.2, 0) is 0 Å². The zero-order valence-electron chi connectivity index (χ0n) is 11.3. The van der Waals surface area contributed by atoms with Gasteiger partial charge in [0, 0.05) is 16.2 Å². The van der Waals surface area contributed by atoms with E-state index in [4.69, 9.17) is 0 Å². The van der Waals surface area contributed by atoms with E-state index in [1.165, 1.54) is 17.2 Å². The minimum atomic E-state index is -0.199. The average molecular weight is 322 g/mol. The molecule has 3 heteroatoms. The summed E-state index contributed by atoms with van der Waals surface area (Å²) in [5, 5.41) is 3.46. The van der Waals surface area contributed by atoms with Gasteiger partial charge < -0.3 is 5.32 Å². The number of anilines is 1. The first-order valence-electron chi connectivity index (χ1n) is 6.26. The molecule has 0 heterocycles. The van der Waals surface area contributed by atoms with Crippen LogP contribution < -0.4 is 5.32 Å². The predicted octanol–water partition coefficient (Wildman–Crippen LogP) is 5.38. The second kappa shape index (κ2) is 5.74. The molecule has 0 aliphatic heterocycles. The molecule has 1 atom stereocenters. The fourth-order valence-electron chi connectivity index (χ4n) is 2.21. The Morgan fingerprint density at radius 1 is 1.11 bits per heavy atom. The van der Waals surface area contributed by atoms with E-state index in [0.29, 0.717) is 0 Å². The molecular formula is C16H17BrFN. The number of halogens is 2. The SMILES string of the molecule is Cc1cc(Br)cc(C)c1NC(C)c1cccc(F)c1. The van der Waals surface area contributed by atoms with E-state index in [9.17, 15) is 4.39 Å². The van der Waals surface area contributed by atoms with Crippen LogP contribution >= 0.6 is 15.9 Å². The average Bonchev–Trinajstić information content (AvgIpc) is 2.33. The molecule has 100 valence electrons. The van der Waals surface area contributed by atoms with Gasteiger partial charge in [-0.25, -0.2) is 4.39 Å². The second-order valence-electron chi connectivity index (χ2n) is 4.84. The van der Waals surface area contributed by atoms with Crippen LogP contribution in [0.1, 0.15) is 29.7 Å². The van der Waals surface area contributed by atoms with Gasteiger partial charge in [0.1, 0.15) is 5.82 Å². The maximum Gasteiger partial charge on any atom is 0.123 e. The topological polar surface area (TPSA) is 12.0 Å². The Morgan fingerprint density at radius 3 is 2.32 bits per heavy atom. The van der Waals surface area contributed by atoms with Crippen molar-refractivity contribution in [2.75, 3.05) is 5.32 Å². The molecule has 1 nitrogen and oxygen atoms in total. The van der Waals surface area contributed by atoms with E-state index in [-0.39, 0.29) is 11.9 Å². The highest BCUT2D eigenvalue weighted by Gasteiger charge is 2.10. The number of hydrogen-bond donors (Lipinski definition) is 1. The van der Waals surface area contributed by atoms with Gasteiger partial charge in [-0.1, -0.05) is 28.1 Å². The lowest BCUT2D eigenvalue weighted by atomic mass is 10.0. The minimum absolute atomic E-state index is 0.0641. The molecule has 0 amide bonds. The molecule has 0 bridgehead atoms. The molecule has 2 aromatic rings. The maximum absolute atomic E-state index is 13.2. The van der Waals surface area contributed by atoms with Crippen molar-refractivity contribution in [2.45, 2.75) is 26.8 Å². The van der Waals surface area contributed by atoms with Gasteiger partial charge in [0.2, 0.25) is 0 Å². The summed E-state index contributed by atoms with van der Waals surface area (Å²) in [7, 11) is 0. The molecule has 0 spiro atoms. The van der Waals surface area contributed by atoms with Crippen LogP contribution in [0, 0.1) is 19.7 Å². The van der Waals surface area contributed by atoms with Gasteiger partial charge >= 0.3 is 0 Å². The first kappa shape index (κ1) is 14.1. The zero-order valence-corrected chi connectivity index (χ0v) is 12.9. The third-order valence-electron chi connectivity index (χ3n) is 3.21. The summed E-state index contributed by atoms with van der Waals surface area (Å²) in [6, 6.07) is 10.9. The van der Waals surface area contributed by atoms with Crippen molar-refractivity contribution in [3.05, 3.63) is 63.4 Å². The summed E-state index contributed by atoms with van der Waals surface area (Å²) in [6.45, 7) is 6.17. The Bertz CT molecular complexity index is 572. The molecule has 1 unspecified atom stereocenters. The smallest absolute Gasteiger partial charge is 0.123 e. The quantitative estimate of drug-likeness (QED) is 0.800. The zero-order chi connectivity index (χ0) is 14.0. The number of aryl methyl sites for hydroxylation is 2. The highest BCUT2D eigenvalue weighted by molar-refractivity contribution is 9.10. The van der Waals surface area contributed by atoms with Crippen molar-refractivity contribution in [1.82, 2.24) is 0 Å². The number of rotatable bonds is 3. The van der Waals surface area contributed by atoms with Crippen molar-refractivity contribution in [3.8, 4) is 0 Å². The summed E-state index contributed by atoms with van der Waals surface area (Å²) < 4.78 is 14.3. The highest BCUT2D eigenvalue weighted by atomic mass is 79.9. The lowest BCUT2D eigenvalue weighted by Crippen LogP contribution is -2.09. The Balaban J connectivity index is 2.26. The first-order chi connectivity index (χ1) is 8.97. The minimum Gasteiger partial charge on any atom is -0.378 e. The molecule has 0 saturated heterocycles. The largest absolute Gasteiger partial charge is 0.378 e. The molecule has 2 aromatic carbocycles. The van der Waals surface area contributed by atoms with Crippen LogP contribution in [0.3, 0.4) is 0 Å². The maximum atomic E-state index is 13.2. The van der Waals surface area contributed by atoms with Crippen molar-refractivity contribution < 1.29 is 4.39 Å². The molecule has 0 saturated carbocycles. The van der Waals surface area contributed by atoms with Gasteiger partial charge in [0.15, 0.2) is 0 Å². The molecule has 19 heavy (non-hydrogen) atoms. The van der Waals surface area contributed by atoms with Crippen molar-refractivity contribution in [2.24, 2.45) is 0 Å². The van der Waals surface area contributed by atoms with E-state index in [2.05, 4.69) is 47.2 Å². The predicted molar refractivity (Wildman–Crippen MR) is 82.1 cm³/mol. The second-order valence-corrected chi connectivity index (χ2v) is 5.75. The first-order valence-corrected chi connectivity index (χ1v) is 7.05. The van der Waals surface area contributed by atoms with E-state index in [0.717, 1.165) is 15.7 Å². The summed E-state index contributed by atoms with van der Waals surface area (Å²) >= 11 is 3.49. The fourth-order valence-corrected chi connectivity index (χ4v) is 2.90. The molecule has 2 rings (SSSR count). The Hall–Kier alpha value is -1.35. The molecule has 0 aliphatic rings. The van der Waals surface area contributed by atoms with Crippen LogP contribution in [0.15, 0.2) is 40.9 Å². The molecule has 0 fully saturated rings. The van der Waals surface area contributed by atoms with Gasteiger partial charge in [-0.15, -0.1) is 0 Å². The Labute approximate surface area is 122 Å². The third kappa shape index (κ3) is 3.35. The number of hydrogen-bond acceptors (Lipinski definition) is 1. The molecule has 0 aromatic heterocycles. The van der Waals surface area contributed by atoms with E-state index in [1.807, 2.05) is 13.0 Å². The van der Waals surface area contributed by atoms with Crippen molar-refractivity contribution in [3.63, 3.8) is 0 Å². The number of benzene rings is 2. The van der Waals surface area contributed by atoms with E-state index >= 15 is 0 Å². The van der Waals surface area contributed by atoms with Gasteiger partial charge in [-0.2, -0.15) is 0 Å². The lowest BCUT2D eigenvalue weighted by Gasteiger charge is -2.20. The molecule has 1 N–H and O–H groups in total. The summed E-state index contributed by atoms with van der Waals surface area (Å²) in [5.74, 6) is -0.199. The van der Waals surface area contributed by atoms with Crippen LogP contribution in [0.5, 0.6) is 0 Å². The van der Waals surface area contributed by atoms with Crippen molar-refractivity contribution in [1.29, 1.82) is 0 Å². The summed E-state index contributed by atoms with van der Waals surface area (Å²) in [5.41, 5.74) is 4.41. The normalized spacial score (nSPS) is 12.3. The monoisotopic (exact) mass is 321 g/mol. The highest BCUT2D eigenvalue weighted by Crippen LogP contribution is 2.28. The van der Waals surface area contributed by atoms with E-state index in [1.54, 1.807) is 12.1 Å². The van der Waals surface area contributed by atoms with Crippen molar-refractivity contribution >= 4 is 21.6 Å². The molecule has 0 aliphatic carbocycles. The Kier molecular flexibility index (Phi) is 4.25. The van der Waals surface area contributed by atoms with Crippen LogP contribution in [0.4, 0.5) is 10.1 Å². The standard InChI is InChI=1S/C16H17BrFN/c1-10-7-14(17)8-11(2)16(10)19-12(3)13-5-4-6-15(18)9-13/h4-9,12,19H,1-3H3. The number of nitrogens with one attached hydrogen (secondary N) is 1. The third-order valence-corrected chi connectivity index (χ3v) is 3.66.